The summed E-state index contributed by atoms with van der Waals surface area (Å²) in [6.07, 6.45) is 10.0. The highest BCUT2D eigenvalue weighted by Crippen LogP contribution is 2.10. The molecule has 1 aliphatic rings. The highest BCUT2D eigenvalue weighted by molar-refractivity contribution is 5.94. The van der Waals surface area contributed by atoms with Crippen LogP contribution < -0.4 is 5.32 Å². The zero-order valence-electron chi connectivity index (χ0n) is 16.4. The highest BCUT2D eigenvalue weighted by Gasteiger charge is 2.09. The normalized spacial score (nSPS) is 15.5. The maximum Gasteiger partial charge on any atom is 0.251 e. The third kappa shape index (κ3) is 6.61. The molecule has 3 rings (SSSR count). The van der Waals surface area contributed by atoms with Gasteiger partial charge in [-0.25, -0.2) is 4.39 Å². The Morgan fingerprint density at radius 1 is 0.964 bits per heavy atom. The molecule has 0 bridgehead atoms. The summed E-state index contributed by atoms with van der Waals surface area (Å²) in [5.74, 6) is -0.232. The van der Waals surface area contributed by atoms with Crippen LogP contribution in [0.5, 0.6) is 0 Å². The predicted octanol–water partition coefficient (Wildman–Crippen LogP) is 4.69. The second-order valence-corrected chi connectivity index (χ2v) is 7.37. The molecule has 28 heavy (non-hydrogen) atoms. The SMILES string of the molecule is O=C(NCCN1CCCCCC1)c1ccc(/C=C/Cc2ccc(F)cc2)cc1. The summed E-state index contributed by atoms with van der Waals surface area (Å²) in [5.41, 5.74) is 2.80. The van der Waals surface area contributed by atoms with E-state index in [0.717, 1.165) is 37.2 Å². The Balaban J connectivity index is 1.43. The molecule has 4 heteroatoms. The summed E-state index contributed by atoms with van der Waals surface area (Å²) < 4.78 is 12.9. The fourth-order valence-corrected chi connectivity index (χ4v) is 3.49. The smallest absolute Gasteiger partial charge is 0.251 e. The summed E-state index contributed by atoms with van der Waals surface area (Å²) in [4.78, 5) is 14.8. The molecule has 0 saturated carbocycles. The predicted molar refractivity (Wildman–Crippen MR) is 113 cm³/mol. The van der Waals surface area contributed by atoms with Crippen LogP contribution in [0.4, 0.5) is 4.39 Å². The van der Waals surface area contributed by atoms with Crippen molar-refractivity contribution in [3.8, 4) is 0 Å². The third-order valence-electron chi connectivity index (χ3n) is 5.16. The van der Waals surface area contributed by atoms with E-state index in [1.165, 1.54) is 37.8 Å². The number of hydrogen-bond donors (Lipinski definition) is 1. The maximum absolute atomic E-state index is 12.9. The third-order valence-corrected chi connectivity index (χ3v) is 5.16. The summed E-state index contributed by atoms with van der Waals surface area (Å²) in [6.45, 7) is 3.91. The Labute approximate surface area is 167 Å². The average molecular weight is 381 g/mol. The minimum atomic E-state index is -0.215. The molecule has 1 amide bonds. The van der Waals surface area contributed by atoms with E-state index in [9.17, 15) is 9.18 Å². The molecule has 148 valence electrons. The van der Waals surface area contributed by atoms with Gasteiger partial charge in [0.05, 0.1) is 0 Å². The van der Waals surface area contributed by atoms with Gasteiger partial charge >= 0.3 is 0 Å². The molecular formula is C24H29FN2O. The number of carbonyl (C=O) groups is 1. The first-order valence-corrected chi connectivity index (χ1v) is 10.2. The average Bonchev–Trinajstić information content (AvgIpc) is 2.99. The summed E-state index contributed by atoms with van der Waals surface area (Å²) >= 11 is 0. The van der Waals surface area contributed by atoms with E-state index in [2.05, 4.69) is 10.2 Å². The van der Waals surface area contributed by atoms with Gasteiger partial charge in [0, 0.05) is 18.7 Å². The molecule has 0 aromatic heterocycles. The Kier molecular flexibility index (Phi) is 7.80. The zero-order valence-corrected chi connectivity index (χ0v) is 16.4. The van der Waals surface area contributed by atoms with Crippen LogP contribution in [-0.2, 0) is 6.42 Å². The lowest BCUT2D eigenvalue weighted by molar-refractivity contribution is 0.0948. The first-order valence-electron chi connectivity index (χ1n) is 10.2. The Hall–Kier alpha value is -2.46. The molecule has 0 radical (unpaired) electrons. The lowest BCUT2D eigenvalue weighted by atomic mass is 10.1. The van der Waals surface area contributed by atoms with Gasteiger partial charge in [-0.1, -0.05) is 49.3 Å². The number of allylic oxidation sites excluding steroid dienone is 1. The Morgan fingerprint density at radius 2 is 1.64 bits per heavy atom. The standard InChI is InChI=1S/C24H29FN2O/c25-23-14-10-21(11-15-23)7-5-6-20-8-12-22(13-9-20)24(28)26-16-19-27-17-3-1-2-4-18-27/h5-6,8-15H,1-4,7,16-19H2,(H,26,28)/b6-5+. The van der Waals surface area contributed by atoms with E-state index < -0.39 is 0 Å². The van der Waals surface area contributed by atoms with Crippen LogP contribution in [0.1, 0.15) is 47.2 Å². The van der Waals surface area contributed by atoms with E-state index in [1.807, 2.05) is 36.4 Å². The maximum atomic E-state index is 12.9. The van der Waals surface area contributed by atoms with Crippen molar-refractivity contribution in [1.82, 2.24) is 10.2 Å². The lowest BCUT2D eigenvalue weighted by Crippen LogP contribution is -2.35. The Bertz CT molecular complexity index is 760. The van der Waals surface area contributed by atoms with Gasteiger partial charge in [0.25, 0.3) is 5.91 Å². The van der Waals surface area contributed by atoms with Gasteiger partial charge in [0.2, 0.25) is 0 Å². The molecule has 1 aliphatic heterocycles. The minimum Gasteiger partial charge on any atom is -0.351 e. The van der Waals surface area contributed by atoms with Crippen molar-refractivity contribution in [2.24, 2.45) is 0 Å². The molecule has 0 atom stereocenters. The first kappa shape index (κ1) is 20.3. The molecule has 0 aliphatic carbocycles. The van der Waals surface area contributed by atoms with Gasteiger partial charge in [-0.2, -0.15) is 0 Å². The van der Waals surface area contributed by atoms with Gasteiger partial charge in [-0.05, 0) is 67.7 Å². The van der Waals surface area contributed by atoms with Crippen LogP contribution in [-0.4, -0.2) is 37.0 Å². The van der Waals surface area contributed by atoms with Crippen molar-refractivity contribution < 1.29 is 9.18 Å². The van der Waals surface area contributed by atoms with Crippen molar-refractivity contribution in [2.75, 3.05) is 26.2 Å². The highest BCUT2D eigenvalue weighted by atomic mass is 19.1. The lowest BCUT2D eigenvalue weighted by Gasteiger charge is -2.19. The monoisotopic (exact) mass is 380 g/mol. The summed E-state index contributed by atoms with van der Waals surface area (Å²) in [5, 5.41) is 3.03. The van der Waals surface area contributed by atoms with E-state index in [1.54, 1.807) is 12.1 Å². The van der Waals surface area contributed by atoms with E-state index in [0.29, 0.717) is 12.1 Å². The largest absolute Gasteiger partial charge is 0.351 e. The van der Waals surface area contributed by atoms with Crippen molar-refractivity contribution in [1.29, 1.82) is 0 Å². The molecule has 2 aromatic rings. The number of carbonyl (C=O) groups excluding carboxylic acids is 1. The van der Waals surface area contributed by atoms with Crippen molar-refractivity contribution in [3.63, 3.8) is 0 Å². The molecule has 1 fully saturated rings. The van der Waals surface area contributed by atoms with Crippen LogP contribution in [0.3, 0.4) is 0 Å². The minimum absolute atomic E-state index is 0.0170. The van der Waals surface area contributed by atoms with E-state index in [4.69, 9.17) is 0 Å². The number of hydrogen-bond acceptors (Lipinski definition) is 2. The first-order chi connectivity index (χ1) is 13.7. The molecule has 3 nitrogen and oxygen atoms in total. The van der Waals surface area contributed by atoms with Crippen LogP contribution in [0.2, 0.25) is 0 Å². The molecule has 1 N–H and O–H groups in total. The summed E-state index contributed by atoms with van der Waals surface area (Å²) in [6, 6.07) is 14.2. The number of amides is 1. The quantitative estimate of drug-likeness (QED) is 0.756. The molecule has 0 unspecified atom stereocenters. The van der Waals surface area contributed by atoms with Crippen molar-refractivity contribution in [2.45, 2.75) is 32.1 Å². The molecule has 1 heterocycles. The van der Waals surface area contributed by atoms with E-state index in [-0.39, 0.29) is 11.7 Å². The number of nitrogens with zero attached hydrogens (tertiary/aromatic N) is 1. The zero-order chi connectivity index (χ0) is 19.6. The molecule has 2 aromatic carbocycles. The van der Waals surface area contributed by atoms with Gasteiger partial charge in [-0.3, -0.25) is 4.79 Å². The number of benzene rings is 2. The van der Waals surface area contributed by atoms with Gasteiger partial charge in [0.15, 0.2) is 0 Å². The fourth-order valence-electron chi connectivity index (χ4n) is 3.49. The molecule has 0 spiro atoms. The van der Waals surface area contributed by atoms with Gasteiger partial charge < -0.3 is 10.2 Å². The van der Waals surface area contributed by atoms with Crippen molar-refractivity contribution in [3.05, 3.63) is 77.1 Å². The van der Waals surface area contributed by atoms with Crippen molar-refractivity contribution >= 4 is 12.0 Å². The number of rotatable bonds is 7. The number of likely N-dealkylation sites (tertiary alicyclic amines) is 1. The molecule has 1 saturated heterocycles. The second-order valence-electron chi connectivity index (χ2n) is 7.37. The van der Waals surface area contributed by atoms with Crippen LogP contribution in [0.25, 0.3) is 6.08 Å². The number of halogens is 1. The Morgan fingerprint density at radius 3 is 2.32 bits per heavy atom. The van der Waals surface area contributed by atoms with Gasteiger partial charge in [-0.15, -0.1) is 0 Å². The number of nitrogens with one attached hydrogen (secondary N) is 1. The second kappa shape index (κ2) is 10.8. The van der Waals surface area contributed by atoms with Crippen LogP contribution in [0, 0.1) is 5.82 Å². The van der Waals surface area contributed by atoms with Crippen LogP contribution >= 0.6 is 0 Å². The topological polar surface area (TPSA) is 32.3 Å². The van der Waals surface area contributed by atoms with E-state index >= 15 is 0 Å². The summed E-state index contributed by atoms with van der Waals surface area (Å²) in [7, 11) is 0. The fraction of sp³-hybridized carbons (Fsp3) is 0.375. The van der Waals surface area contributed by atoms with Crippen LogP contribution in [0.15, 0.2) is 54.6 Å². The van der Waals surface area contributed by atoms with Gasteiger partial charge in [0.1, 0.15) is 5.82 Å². The molecular weight excluding hydrogens is 351 g/mol.